The van der Waals surface area contributed by atoms with Gasteiger partial charge in [-0.1, -0.05) is 18.2 Å². The summed E-state index contributed by atoms with van der Waals surface area (Å²) in [5.41, 5.74) is 0.582. The lowest BCUT2D eigenvalue weighted by Gasteiger charge is -2.16. The first-order valence-corrected chi connectivity index (χ1v) is 9.44. The van der Waals surface area contributed by atoms with Gasteiger partial charge in [0.05, 0.1) is 29.0 Å². The van der Waals surface area contributed by atoms with Crippen molar-refractivity contribution in [3.63, 3.8) is 0 Å². The molecule has 0 aliphatic carbocycles. The van der Waals surface area contributed by atoms with E-state index < -0.39 is 22.6 Å². The van der Waals surface area contributed by atoms with Crippen LogP contribution in [0.25, 0.3) is 5.57 Å². The smallest absolute Gasteiger partial charge is 0.282 e. The van der Waals surface area contributed by atoms with Crippen molar-refractivity contribution >= 4 is 34.4 Å². The molecule has 0 atom stereocenters. The summed E-state index contributed by atoms with van der Waals surface area (Å²) in [7, 11) is 1.47. The van der Waals surface area contributed by atoms with Crippen LogP contribution in [0.5, 0.6) is 5.75 Å². The minimum Gasteiger partial charge on any atom is -0.495 e. The molecule has 160 valence electrons. The number of hydrogen-bond donors (Lipinski definition) is 1. The van der Waals surface area contributed by atoms with Crippen LogP contribution in [0.15, 0.2) is 78.5 Å². The molecule has 0 unspecified atom stereocenters. The highest BCUT2D eigenvalue weighted by atomic mass is 19.1. The number of nitrogens with one attached hydrogen (secondary N) is 1. The summed E-state index contributed by atoms with van der Waals surface area (Å²) in [5, 5.41) is 14.0. The van der Waals surface area contributed by atoms with Crippen molar-refractivity contribution in [3.05, 3.63) is 100.0 Å². The number of anilines is 2. The van der Waals surface area contributed by atoms with Gasteiger partial charge in [0, 0.05) is 12.1 Å². The third kappa shape index (κ3) is 3.67. The maximum Gasteiger partial charge on any atom is 0.282 e. The Labute approximate surface area is 181 Å². The first-order valence-electron chi connectivity index (χ1n) is 9.44. The van der Waals surface area contributed by atoms with Crippen LogP contribution >= 0.6 is 0 Å². The number of nitrogens with zero attached hydrogens (tertiary/aromatic N) is 2. The average molecular weight is 433 g/mol. The van der Waals surface area contributed by atoms with Crippen LogP contribution in [0.1, 0.15) is 5.56 Å². The molecule has 3 aromatic rings. The molecule has 1 aliphatic heterocycles. The van der Waals surface area contributed by atoms with E-state index in [0.717, 1.165) is 11.0 Å². The molecule has 4 rings (SSSR count). The highest BCUT2D eigenvalue weighted by Crippen LogP contribution is 2.36. The van der Waals surface area contributed by atoms with E-state index in [1.807, 2.05) is 0 Å². The molecule has 8 nitrogen and oxygen atoms in total. The second kappa shape index (κ2) is 8.31. The monoisotopic (exact) mass is 433 g/mol. The molecule has 1 aliphatic rings. The van der Waals surface area contributed by atoms with Gasteiger partial charge in [-0.15, -0.1) is 0 Å². The summed E-state index contributed by atoms with van der Waals surface area (Å²) in [6, 6.07) is 17.2. The predicted molar refractivity (Wildman–Crippen MR) is 116 cm³/mol. The largest absolute Gasteiger partial charge is 0.495 e. The number of para-hydroxylation sites is 2. The number of non-ortho nitro benzene ring substituents is 1. The van der Waals surface area contributed by atoms with Gasteiger partial charge in [-0.3, -0.25) is 19.7 Å². The zero-order valence-electron chi connectivity index (χ0n) is 16.7. The van der Waals surface area contributed by atoms with Gasteiger partial charge in [0.1, 0.15) is 17.3 Å². The Kier molecular flexibility index (Phi) is 5.38. The van der Waals surface area contributed by atoms with Crippen LogP contribution in [0.4, 0.5) is 21.5 Å². The van der Waals surface area contributed by atoms with E-state index in [4.69, 9.17) is 4.74 Å². The zero-order valence-corrected chi connectivity index (χ0v) is 16.7. The number of carbonyl (C=O) groups is 2. The van der Waals surface area contributed by atoms with Crippen LogP contribution in [-0.4, -0.2) is 23.8 Å². The third-order valence-electron chi connectivity index (χ3n) is 4.88. The molecule has 0 saturated heterocycles. The van der Waals surface area contributed by atoms with Gasteiger partial charge in [0.2, 0.25) is 0 Å². The summed E-state index contributed by atoms with van der Waals surface area (Å²) in [4.78, 5) is 37.9. The molecule has 2 amide bonds. The van der Waals surface area contributed by atoms with Gasteiger partial charge in [0.15, 0.2) is 0 Å². The standard InChI is InChI=1S/C23H16FN3O5/c1-32-19-8-3-2-7-18(19)25-21-20(14-9-11-16(12-10-14)27(30)31)22(28)26(23(21)29)17-6-4-5-15(24)13-17/h2-13,25H,1H3. The molecule has 0 aromatic heterocycles. The van der Waals surface area contributed by atoms with Crippen LogP contribution in [0.2, 0.25) is 0 Å². The second-order valence-electron chi connectivity index (χ2n) is 6.80. The van der Waals surface area contributed by atoms with Gasteiger partial charge in [-0.2, -0.15) is 0 Å². The van der Waals surface area contributed by atoms with Crippen LogP contribution in [-0.2, 0) is 9.59 Å². The first-order chi connectivity index (χ1) is 15.4. The number of hydrogen-bond acceptors (Lipinski definition) is 6. The molecule has 1 heterocycles. The fourth-order valence-electron chi connectivity index (χ4n) is 3.40. The van der Waals surface area contributed by atoms with Crippen molar-refractivity contribution in [1.29, 1.82) is 0 Å². The number of nitro groups is 1. The number of benzene rings is 3. The Morgan fingerprint density at radius 2 is 1.69 bits per heavy atom. The zero-order chi connectivity index (χ0) is 22.8. The Hall–Kier alpha value is -4.53. The summed E-state index contributed by atoms with van der Waals surface area (Å²) in [5.74, 6) is -1.55. The van der Waals surface area contributed by atoms with Crippen LogP contribution in [0, 0.1) is 15.9 Å². The molecule has 0 saturated carbocycles. The molecule has 9 heteroatoms. The fourth-order valence-corrected chi connectivity index (χ4v) is 3.40. The number of nitro benzene ring substituents is 1. The lowest BCUT2D eigenvalue weighted by atomic mass is 10.0. The maximum atomic E-state index is 13.8. The third-order valence-corrected chi connectivity index (χ3v) is 4.88. The Morgan fingerprint density at radius 3 is 2.34 bits per heavy atom. The van der Waals surface area contributed by atoms with Crippen molar-refractivity contribution in [2.24, 2.45) is 0 Å². The molecule has 0 radical (unpaired) electrons. The van der Waals surface area contributed by atoms with Crippen LogP contribution < -0.4 is 15.0 Å². The van der Waals surface area contributed by atoms with E-state index in [2.05, 4.69) is 5.32 Å². The van der Waals surface area contributed by atoms with Gasteiger partial charge in [0.25, 0.3) is 17.5 Å². The van der Waals surface area contributed by atoms with Crippen molar-refractivity contribution in [1.82, 2.24) is 0 Å². The van der Waals surface area contributed by atoms with Crippen molar-refractivity contribution < 1.29 is 23.6 Å². The number of ether oxygens (including phenoxy) is 1. The van der Waals surface area contributed by atoms with Gasteiger partial charge < -0.3 is 10.1 Å². The number of amides is 2. The van der Waals surface area contributed by atoms with E-state index in [9.17, 15) is 24.1 Å². The van der Waals surface area contributed by atoms with Gasteiger partial charge in [-0.25, -0.2) is 9.29 Å². The number of halogens is 1. The summed E-state index contributed by atoms with van der Waals surface area (Å²) >= 11 is 0. The minimum atomic E-state index is -0.695. The number of rotatable bonds is 6. The highest BCUT2D eigenvalue weighted by Gasteiger charge is 2.40. The quantitative estimate of drug-likeness (QED) is 0.356. The Balaban J connectivity index is 1.84. The fraction of sp³-hybridized carbons (Fsp3) is 0.0435. The van der Waals surface area contributed by atoms with Crippen molar-refractivity contribution in [2.45, 2.75) is 0 Å². The Morgan fingerprint density at radius 1 is 0.969 bits per heavy atom. The van der Waals surface area contributed by atoms with Crippen molar-refractivity contribution in [2.75, 3.05) is 17.3 Å². The lowest BCUT2D eigenvalue weighted by Crippen LogP contribution is -2.32. The first kappa shape index (κ1) is 20.7. The second-order valence-corrected chi connectivity index (χ2v) is 6.80. The molecule has 0 bridgehead atoms. The number of carbonyl (C=O) groups excluding carboxylic acids is 2. The summed E-state index contributed by atoms with van der Waals surface area (Å²) in [6.07, 6.45) is 0. The summed E-state index contributed by atoms with van der Waals surface area (Å²) < 4.78 is 19.1. The number of imide groups is 1. The molecule has 32 heavy (non-hydrogen) atoms. The lowest BCUT2D eigenvalue weighted by molar-refractivity contribution is -0.384. The van der Waals surface area contributed by atoms with Gasteiger partial charge >= 0.3 is 0 Å². The summed E-state index contributed by atoms with van der Waals surface area (Å²) in [6.45, 7) is 0. The SMILES string of the molecule is COc1ccccc1NC1=C(c2ccc([N+](=O)[O-])cc2)C(=O)N(c2cccc(F)c2)C1=O. The topological polar surface area (TPSA) is 102 Å². The highest BCUT2D eigenvalue weighted by molar-refractivity contribution is 6.46. The van der Waals surface area contributed by atoms with E-state index in [0.29, 0.717) is 17.0 Å². The average Bonchev–Trinajstić information content (AvgIpc) is 3.03. The van der Waals surface area contributed by atoms with E-state index in [1.165, 1.54) is 49.6 Å². The molecule has 3 aromatic carbocycles. The molecule has 0 fully saturated rings. The van der Waals surface area contributed by atoms with E-state index >= 15 is 0 Å². The molecular weight excluding hydrogens is 417 g/mol. The van der Waals surface area contributed by atoms with E-state index in [-0.39, 0.29) is 22.6 Å². The Bertz CT molecular complexity index is 1270. The van der Waals surface area contributed by atoms with Crippen molar-refractivity contribution in [3.8, 4) is 5.75 Å². The minimum absolute atomic E-state index is 0.0000605. The molecule has 1 N–H and O–H groups in total. The number of methoxy groups -OCH3 is 1. The normalized spacial score (nSPS) is 13.5. The van der Waals surface area contributed by atoms with Gasteiger partial charge in [-0.05, 0) is 48.0 Å². The molecular formula is C23H16FN3O5. The maximum absolute atomic E-state index is 13.8. The molecule has 0 spiro atoms. The van der Waals surface area contributed by atoms with Crippen LogP contribution in [0.3, 0.4) is 0 Å². The predicted octanol–water partition coefficient (Wildman–Crippen LogP) is 4.14. The van der Waals surface area contributed by atoms with E-state index in [1.54, 1.807) is 24.3 Å².